The largest absolute Gasteiger partial charge is 0.416 e. The standard InChI is InChI=1S/C12H10F3NOS/c13-12(14,15)9-3-1-2-8(4-9)5-11(17)10-6-18-7-16-10/h1-4,6-7,11,17H,5H2. The zero-order valence-electron chi connectivity index (χ0n) is 9.19. The lowest BCUT2D eigenvalue weighted by atomic mass is 10.0. The van der Waals surface area contributed by atoms with E-state index in [0.29, 0.717) is 11.3 Å². The molecular weight excluding hydrogens is 263 g/mol. The Hall–Kier alpha value is -1.40. The van der Waals surface area contributed by atoms with E-state index in [1.807, 2.05) is 0 Å². The zero-order chi connectivity index (χ0) is 13.2. The molecule has 6 heteroatoms. The normalized spacial score (nSPS) is 13.6. The number of alkyl halides is 3. The van der Waals surface area contributed by atoms with E-state index < -0.39 is 17.8 Å². The average molecular weight is 273 g/mol. The number of rotatable bonds is 3. The van der Waals surface area contributed by atoms with Crippen molar-refractivity contribution in [3.05, 3.63) is 52.0 Å². The number of nitrogens with zero attached hydrogens (tertiary/aromatic N) is 1. The molecule has 0 aliphatic carbocycles. The Morgan fingerprint density at radius 2 is 2.11 bits per heavy atom. The smallest absolute Gasteiger partial charge is 0.386 e. The number of aliphatic hydroxyl groups excluding tert-OH is 1. The van der Waals surface area contributed by atoms with Crippen LogP contribution in [0, 0.1) is 0 Å². The second kappa shape index (κ2) is 5.07. The van der Waals surface area contributed by atoms with Crippen molar-refractivity contribution in [3.63, 3.8) is 0 Å². The summed E-state index contributed by atoms with van der Waals surface area (Å²) in [7, 11) is 0. The number of hydrogen-bond donors (Lipinski definition) is 1. The van der Waals surface area contributed by atoms with E-state index in [1.165, 1.54) is 17.4 Å². The summed E-state index contributed by atoms with van der Waals surface area (Å²) in [6.07, 6.45) is -5.12. The van der Waals surface area contributed by atoms with Crippen molar-refractivity contribution in [1.29, 1.82) is 0 Å². The lowest BCUT2D eigenvalue weighted by molar-refractivity contribution is -0.137. The minimum absolute atomic E-state index is 0.119. The molecule has 0 amide bonds. The summed E-state index contributed by atoms with van der Waals surface area (Å²) in [4.78, 5) is 3.93. The fraction of sp³-hybridized carbons (Fsp3) is 0.250. The van der Waals surface area contributed by atoms with E-state index in [-0.39, 0.29) is 6.42 Å². The maximum atomic E-state index is 12.5. The molecule has 0 saturated carbocycles. The molecule has 96 valence electrons. The van der Waals surface area contributed by atoms with Crippen LogP contribution in [0.5, 0.6) is 0 Å². The maximum absolute atomic E-state index is 12.5. The van der Waals surface area contributed by atoms with Crippen LogP contribution in [0.15, 0.2) is 35.2 Å². The lowest BCUT2D eigenvalue weighted by Gasteiger charge is -2.11. The first kappa shape index (κ1) is 13.0. The molecule has 0 fully saturated rings. The average Bonchev–Trinajstić information content (AvgIpc) is 2.81. The molecule has 1 aromatic heterocycles. The van der Waals surface area contributed by atoms with Crippen molar-refractivity contribution < 1.29 is 18.3 Å². The van der Waals surface area contributed by atoms with Crippen LogP contribution in [0.2, 0.25) is 0 Å². The third kappa shape index (κ3) is 3.08. The van der Waals surface area contributed by atoms with Crippen molar-refractivity contribution >= 4 is 11.3 Å². The van der Waals surface area contributed by atoms with Gasteiger partial charge in [0, 0.05) is 11.8 Å². The molecule has 2 rings (SSSR count). The first-order chi connectivity index (χ1) is 8.47. The van der Waals surface area contributed by atoms with E-state index in [1.54, 1.807) is 17.0 Å². The number of thiazole rings is 1. The van der Waals surface area contributed by atoms with Gasteiger partial charge in [-0.15, -0.1) is 11.3 Å². The van der Waals surface area contributed by atoms with Gasteiger partial charge in [-0.05, 0) is 11.6 Å². The zero-order valence-corrected chi connectivity index (χ0v) is 10.0. The topological polar surface area (TPSA) is 33.1 Å². The molecule has 0 spiro atoms. The van der Waals surface area contributed by atoms with Crippen LogP contribution in [0.1, 0.15) is 22.9 Å². The number of hydrogen-bond acceptors (Lipinski definition) is 3. The van der Waals surface area contributed by atoms with Gasteiger partial charge in [0.1, 0.15) is 6.10 Å². The summed E-state index contributed by atoms with van der Waals surface area (Å²) in [6, 6.07) is 4.96. The molecule has 1 N–H and O–H groups in total. The van der Waals surface area contributed by atoms with Gasteiger partial charge < -0.3 is 5.11 Å². The second-order valence-corrected chi connectivity index (χ2v) is 4.55. The van der Waals surface area contributed by atoms with Gasteiger partial charge in [0.2, 0.25) is 0 Å². The summed E-state index contributed by atoms with van der Waals surface area (Å²) in [5, 5.41) is 11.5. The van der Waals surface area contributed by atoms with Gasteiger partial charge in [-0.3, -0.25) is 0 Å². The van der Waals surface area contributed by atoms with Crippen molar-refractivity contribution in [1.82, 2.24) is 4.98 Å². The number of aliphatic hydroxyl groups is 1. The highest BCUT2D eigenvalue weighted by Crippen LogP contribution is 2.30. The van der Waals surface area contributed by atoms with Gasteiger partial charge in [-0.2, -0.15) is 13.2 Å². The summed E-state index contributed by atoms with van der Waals surface area (Å²) in [5.41, 5.74) is 1.79. The van der Waals surface area contributed by atoms with Gasteiger partial charge in [-0.25, -0.2) is 4.98 Å². The highest BCUT2D eigenvalue weighted by atomic mass is 32.1. The SMILES string of the molecule is OC(Cc1cccc(C(F)(F)F)c1)c1cscn1. The predicted octanol–water partition coefficient (Wildman–Crippen LogP) is 3.44. The van der Waals surface area contributed by atoms with Gasteiger partial charge in [0.25, 0.3) is 0 Å². The molecule has 1 unspecified atom stereocenters. The Morgan fingerprint density at radius 3 is 2.72 bits per heavy atom. The van der Waals surface area contributed by atoms with E-state index >= 15 is 0 Å². The van der Waals surface area contributed by atoms with Gasteiger partial charge >= 0.3 is 6.18 Å². The Bertz CT molecular complexity index is 510. The Labute approximate surface area is 106 Å². The molecule has 1 atom stereocenters. The molecule has 0 saturated heterocycles. The van der Waals surface area contributed by atoms with E-state index in [2.05, 4.69) is 4.98 Å². The number of halogens is 3. The van der Waals surface area contributed by atoms with Gasteiger partial charge in [0.05, 0.1) is 16.8 Å². The quantitative estimate of drug-likeness (QED) is 0.929. The Morgan fingerprint density at radius 1 is 1.33 bits per heavy atom. The van der Waals surface area contributed by atoms with Gasteiger partial charge in [-0.1, -0.05) is 18.2 Å². The third-order valence-corrected chi connectivity index (χ3v) is 3.08. The summed E-state index contributed by atoms with van der Waals surface area (Å²) in [5.74, 6) is 0. The van der Waals surface area contributed by atoms with Crippen molar-refractivity contribution in [3.8, 4) is 0 Å². The monoisotopic (exact) mass is 273 g/mol. The Balaban J connectivity index is 2.15. The molecule has 18 heavy (non-hydrogen) atoms. The third-order valence-electron chi connectivity index (χ3n) is 2.48. The molecule has 1 aromatic carbocycles. The Kier molecular flexibility index (Phi) is 3.68. The minimum atomic E-state index is -4.36. The molecule has 0 radical (unpaired) electrons. The summed E-state index contributed by atoms with van der Waals surface area (Å²) >= 11 is 1.33. The van der Waals surface area contributed by atoms with Gasteiger partial charge in [0.15, 0.2) is 0 Å². The maximum Gasteiger partial charge on any atom is 0.416 e. The van der Waals surface area contributed by atoms with Crippen LogP contribution in [0.4, 0.5) is 13.2 Å². The van der Waals surface area contributed by atoms with Crippen LogP contribution in [-0.4, -0.2) is 10.1 Å². The fourth-order valence-electron chi connectivity index (χ4n) is 1.59. The first-order valence-electron chi connectivity index (χ1n) is 5.19. The minimum Gasteiger partial charge on any atom is -0.386 e. The highest BCUT2D eigenvalue weighted by molar-refractivity contribution is 7.07. The van der Waals surface area contributed by atoms with Crippen LogP contribution in [0.3, 0.4) is 0 Å². The fourth-order valence-corrected chi connectivity index (χ4v) is 2.19. The molecule has 2 nitrogen and oxygen atoms in total. The van der Waals surface area contributed by atoms with Crippen LogP contribution < -0.4 is 0 Å². The number of aromatic nitrogens is 1. The van der Waals surface area contributed by atoms with Crippen molar-refractivity contribution in [2.45, 2.75) is 18.7 Å². The molecule has 0 bridgehead atoms. The van der Waals surface area contributed by atoms with E-state index in [0.717, 1.165) is 12.1 Å². The van der Waals surface area contributed by atoms with E-state index in [4.69, 9.17) is 0 Å². The molecule has 0 aliphatic heterocycles. The first-order valence-corrected chi connectivity index (χ1v) is 6.13. The van der Waals surface area contributed by atoms with Crippen LogP contribution in [0.25, 0.3) is 0 Å². The molecule has 0 aliphatic rings. The van der Waals surface area contributed by atoms with Crippen LogP contribution in [-0.2, 0) is 12.6 Å². The van der Waals surface area contributed by atoms with E-state index in [9.17, 15) is 18.3 Å². The van der Waals surface area contributed by atoms with Crippen LogP contribution >= 0.6 is 11.3 Å². The lowest BCUT2D eigenvalue weighted by Crippen LogP contribution is -2.07. The molecule has 1 heterocycles. The highest BCUT2D eigenvalue weighted by Gasteiger charge is 2.30. The summed E-state index contributed by atoms with van der Waals surface area (Å²) in [6.45, 7) is 0. The van der Waals surface area contributed by atoms with Crippen molar-refractivity contribution in [2.24, 2.45) is 0 Å². The molecule has 2 aromatic rings. The predicted molar refractivity (Wildman–Crippen MR) is 62.2 cm³/mol. The summed E-state index contributed by atoms with van der Waals surface area (Å²) < 4.78 is 37.5. The van der Waals surface area contributed by atoms with Crippen molar-refractivity contribution in [2.75, 3.05) is 0 Å². The second-order valence-electron chi connectivity index (χ2n) is 3.83. The number of benzene rings is 1. The molecular formula is C12H10F3NOS.